The number of hydrogen-bond donors (Lipinski definition) is 1. The van der Waals surface area contributed by atoms with Crippen LogP contribution in [0.2, 0.25) is 0 Å². The lowest BCUT2D eigenvalue weighted by Gasteiger charge is -2.37. The Morgan fingerprint density at radius 2 is 1.85 bits per heavy atom. The van der Waals surface area contributed by atoms with Gasteiger partial charge in [0.1, 0.15) is 17.7 Å². The van der Waals surface area contributed by atoms with Gasteiger partial charge in [-0.25, -0.2) is 0 Å². The third kappa shape index (κ3) is 7.50. The molecule has 1 spiro atoms. The van der Waals surface area contributed by atoms with E-state index in [2.05, 4.69) is 29.1 Å². The summed E-state index contributed by atoms with van der Waals surface area (Å²) in [6.45, 7) is 13.9. The lowest BCUT2D eigenvalue weighted by Crippen LogP contribution is -2.57. The van der Waals surface area contributed by atoms with Crippen LogP contribution >= 0.6 is 15.9 Å². The number of allylic oxidation sites excluding steroid dienone is 1. The normalized spacial score (nSPS) is 25.7. The van der Waals surface area contributed by atoms with E-state index in [-0.39, 0.29) is 48.7 Å². The van der Waals surface area contributed by atoms with Gasteiger partial charge < -0.3 is 29.3 Å². The molecule has 10 nitrogen and oxygen atoms in total. The molecule has 5 rings (SSSR count). The monoisotopic (exact) mass is 777 g/mol. The van der Waals surface area contributed by atoms with E-state index in [9.17, 15) is 19.5 Å². The minimum absolute atomic E-state index is 0.0304. The highest BCUT2D eigenvalue weighted by Crippen LogP contribution is 2.60. The summed E-state index contributed by atoms with van der Waals surface area (Å²) in [7, 11) is 1.69. The number of ether oxygens (including phenoxy) is 2. The van der Waals surface area contributed by atoms with E-state index >= 15 is 4.79 Å². The van der Waals surface area contributed by atoms with Gasteiger partial charge in [-0.2, -0.15) is 0 Å². The lowest BCUT2D eigenvalue weighted by molar-refractivity contribution is -0.164. The molecular formula is C41H52BrN3O7. The molecule has 3 aliphatic heterocycles. The average molecular weight is 779 g/mol. The van der Waals surface area contributed by atoms with Gasteiger partial charge in [0.2, 0.25) is 11.8 Å². The highest BCUT2D eigenvalue weighted by Gasteiger charge is 2.77. The number of carbonyl (C=O) groups is 4. The van der Waals surface area contributed by atoms with E-state index in [0.29, 0.717) is 37.7 Å². The summed E-state index contributed by atoms with van der Waals surface area (Å²) < 4.78 is 13.2. The molecule has 2 bridgehead atoms. The molecule has 3 saturated heterocycles. The number of halogens is 1. The summed E-state index contributed by atoms with van der Waals surface area (Å²) in [4.78, 5) is 61.9. The van der Waals surface area contributed by atoms with Gasteiger partial charge in [0.05, 0.1) is 24.0 Å². The zero-order chi connectivity index (χ0) is 37.7. The van der Waals surface area contributed by atoms with E-state index < -0.39 is 47.7 Å². The summed E-state index contributed by atoms with van der Waals surface area (Å²) in [5, 5.41) is 9.44. The van der Waals surface area contributed by atoms with Crippen LogP contribution in [-0.2, 0) is 28.7 Å². The standard InChI is InChI=1S/C41H52BrN3O7/c1-7-9-18-32(47)43(6)28(5)35(29-16-12-10-13-17-29)51-40(50)33-34-38(48)45(22-14-11-15-23-46)37(41(34)25-30(42)36(33)52-41)39(49)44(21-8-2)31-24-26(3)19-20-27(31)4/h7-8,10,12-13,16-17,19-20,24,28,30,33-37,46H,1-2,9,11,14-15,18,21-23,25H2,3-6H3/t28-,30?,33-,34+,35+,36-,37-,41+/m0/s1. The van der Waals surface area contributed by atoms with E-state index in [0.717, 1.165) is 16.8 Å². The topological polar surface area (TPSA) is 117 Å². The number of hydrogen-bond acceptors (Lipinski definition) is 7. The smallest absolute Gasteiger partial charge is 0.313 e. The van der Waals surface area contributed by atoms with Gasteiger partial charge in [-0.1, -0.05) is 70.5 Å². The second-order valence-electron chi connectivity index (χ2n) is 14.3. The van der Waals surface area contributed by atoms with Crippen LogP contribution in [0.4, 0.5) is 5.69 Å². The first-order valence-electron chi connectivity index (χ1n) is 18.3. The molecule has 1 unspecified atom stereocenters. The third-order valence-corrected chi connectivity index (χ3v) is 11.8. The van der Waals surface area contributed by atoms with E-state index in [1.165, 1.54) is 0 Å². The number of fused-ring (bicyclic) bond motifs is 1. The molecule has 1 N–H and O–H groups in total. The highest BCUT2D eigenvalue weighted by atomic mass is 79.9. The van der Waals surface area contributed by atoms with Gasteiger partial charge in [-0.15, -0.1) is 13.2 Å². The Hall–Kier alpha value is -3.80. The number of unbranched alkanes of at least 4 members (excludes halogenated alkanes) is 2. The van der Waals surface area contributed by atoms with Crippen LogP contribution in [-0.4, -0.2) is 94.0 Å². The van der Waals surface area contributed by atoms with E-state index in [1.807, 2.05) is 69.3 Å². The number of aliphatic hydroxyl groups excluding tert-OH is 1. The van der Waals surface area contributed by atoms with Crippen LogP contribution in [0.15, 0.2) is 73.8 Å². The van der Waals surface area contributed by atoms with Crippen LogP contribution in [0.25, 0.3) is 0 Å². The molecule has 0 saturated carbocycles. The number of nitrogens with zero attached hydrogens (tertiary/aromatic N) is 3. The average Bonchev–Trinajstić information content (AvgIpc) is 3.73. The van der Waals surface area contributed by atoms with Crippen molar-refractivity contribution in [3.05, 3.63) is 90.5 Å². The fourth-order valence-electron chi connectivity index (χ4n) is 8.21. The predicted octanol–water partition coefficient (Wildman–Crippen LogP) is 5.83. The number of esters is 1. The Bertz CT molecular complexity index is 1650. The Morgan fingerprint density at radius 3 is 2.52 bits per heavy atom. The number of aryl methyl sites for hydroxylation is 2. The number of alkyl halides is 1. The largest absolute Gasteiger partial charge is 0.455 e. The minimum Gasteiger partial charge on any atom is -0.455 e. The number of anilines is 1. The number of carbonyl (C=O) groups excluding carboxylic acids is 4. The minimum atomic E-state index is -1.28. The summed E-state index contributed by atoms with van der Waals surface area (Å²) >= 11 is 3.77. The van der Waals surface area contributed by atoms with E-state index in [4.69, 9.17) is 9.47 Å². The van der Waals surface area contributed by atoms with Crippen LogP contribution in [0.3, 0.4) is 0 Å². The molecule has 0 aromatic heterocycles. The van der Waals surface area contributed by atoms with Gasteiger partial charge in [0.15, 0.2) is 0 Å². The number of aliphatic hydroxyl groups is 1. The quantitative estimate of drug-likeness (QED) is 0.0931. The number of rotatable bonds is 17. The second-order valence-corrected chi connectivity index (χ2v) is 15.5. The Balaban J connectivity index is 1.52. The molecule has 280 valence electrons. The fraction of sp³-hybridized carbons (Fsp3) is 0.512. The van der Waals surface area contributed by atoms with Crippen LogP contribution in [0.1, 0.15) is 68.2 Å². The van der Waals surface area contributed by atoms with Gasteiger partial charge >= 0.3 is 5.97 Å². The zero-order valence-electron chi connectivity index (χ0n) is 30.7. The summed E-state index contributed by atoms with van der Waals surface area (Å²) in [6, 6.07) is 13.7. The lowest BCUT2D eigenvalue weighted by atomic mass is 9.70. The van der Waals surface area contributed by atoms with Crippen LogP contribution < -0.4 is 4.90 Å². The molecule has 2 aromatic rings. The first-order valence-corrected chi connectivity index (χ1v) is 19.2. The Morgan fingerprint density at radius 1 is 1.12 bits per heavy atom. The van der Waals surface area contributed by atoms with Crippen molar-refractivity contribution in [2.75, 3.05) is 31.6 Å². The van der Waals surface area contributed by atoms with Gasteiger partial charge in [-0.3, -0.25) is 19.2 Å². The Labute approximate surface area is 315 Å². The fourth-order valence-corrected chi connectivity index (χ4v) is 9.15. The molecule has 3 heterocycles. The number of benzene rings is 2. The maximum Gasteiger partial charge on any atom is 0.313 e. The molecule has 0 aliphatic carbocycles. The molecule has 3 fully saturated rings. The maximum atomic E-state index is 15.0. The highest BCUT2D eigenvalue weighted by molar-refractivity contribution is 9.09. The second kappa shape index (κ2) is 16.9. The molecular weight excluding hydrogens is 726 g/mol. The van der Waals surface area contributed by atoms with Crippen LogP contribution in [0.5, 0.6) is 0 Å². The van der Waals surface area contributed by atoms with Crippen molar-refractivity contribution in [1.29, 1.82) is 0 Å². The number of likely N-dealkylation sites (tertiary alicyclic amines) is 1. The molecule has 0 radical (unpaired) electrons. The first kappa shape index (κ1) is 39.4. The molecule has 52 heavy (non-hydrogen) atoms. The van der Waals surface area contributed by atoms with Crippen molar-refractivity contribution < 1.29 is 33.8 Å². The van der Waals surface area contributed by atoms with E-state index in [1.54, 1.807) is 33.9 Å². The number of amides is 3. The zero-order valence-corrected chi connectivity index (χ0v) is 32.3. The maximum absolute atomic E-state index is 15.0. The molecule has 3 amide bonds. The van der Waals surface area contributed by atoms with Crippen molar-refractivity contribution in [1.82, 2.24) is 9.80 Å². The third-order valence-electron chi connectivity index (χ3n) is 11.0. The SMILES string of the molecule is C=CCCC(=O)N(C)[C@@H](C)[C@@H](OC(=O)[C@@H]1[C@H]2O[C@@]3(CC2Br)[C@H](C(=O)N(CC=C)c2cc(C)ccc2C)N(CCCCCO)C(=O)[C@@H]13)c1ccccc1. The summed E-state index contributed by atoms with van der Waals surface area (Å²) in [5.74, 6) is -3.26. The summed E-state index contributed by atoms with van der Waals surface area (Å²) in [5.41, 5.74) is 2.04. The molecule has 8 atom stereocenters. The summed E-state index contributed by atoms with van der Waals surface area (Å²) in [6.07, 6.45) is 4.78. The number of likely N-dealkylation sites (N-methyl/N-ethyl adjacent to an activating group) is 1. The van der Waals surface area contributed by atoms with Gasteiger partial charge in [0, 0.05) is 43.7 Å². The molecule has 2 aromatic carbocycles. The van der Waals surface area contributed by atoms with Crippen molar-refractivity contribution in [3.63, 3.8) is 0 Å². The van der Waals surface area contributed by atoms with Gasteiger partial charge in [-0.05, 0) is 75.6 Å². The van der Waals surface area contributed by atoms with Gasteiger partial charge in [0.25, 0.3) is 5.91 Å². The first-order chi connectivity index (χ1) is 24.9. The molecule has 11 heteroatoms. The van der Waals surface area contributed by atoms with Crippen molar-refractivity contribution in [3.8, 4) is 0 Å². The predicted molar refractivity (Wildman–Crippen MR) is 204 cm³/mol. The van der Waals surface area contributed by atoms with Crippen molar-refractivity contribution >= 4 is 45.3 Å². The Kier molecular flexibility index (Phi) is 12.8. The molecule has 3 aliphatic rings. The van der Waals surface area contributed by atoms with Crippen molar-refractivity contribution in [2.45, 2.75) is 94.0 Å². The van der Waals surface area contributed by atoms with Crippen molar-refractivity contribution in [2.24, 2.45) is 11.8 Å². The van der Waals surface area contributed by atoms with Crippen LogP contribution in [0, 0.1) is 25.7 Å².